The topological polar surface area (TPSA) is 87.5 Å². The highest BCUT2D eigenvalue weighted by Crippen LogP contribution is 2.34. The van der Waals surface area contributed by atoms with Gasteiger partial charge in [0.25, 0.3) is 0 Å². The van der Waals surface area contributed by atoms with Crippen LogP contribution >= 0.6 is 0 Å². The van der Waals surface area contributed by atoms with Crippen LogP contribution in [0.3, 0.4) is 0 Å². The summed E-state index contributed by atoms with van der Waals surface area (Å²) in [5.74, 6) is 1.33. The molecule has 0 heterocycles. The summed E-state index contributed by atoms with van der Waals surface area (Å²) >= 11 is 0. The number of methoxy groups -OCH3 is 2. The normalized spacial score (nSPS) is 11.5. The lowest BCUT2D eigenvalue weighted by Crippen LogP contribution is -2.00. The number of unbranched alkanes of at least 4 members (excludes halogenated alkanes) is 1. The largest absolute Gasteiger partial charge is 0.497 e. The van der Waals surface area contributed by atoms with Crippen LogP contribution in [0, 0.1) is 0 Å². The number of ether oxygens (including phenoxy) is 2. The summed E-state index contributed by atoms with van der Waals surface area (Å²) in [4.78, 5) is 2.88. The van der Waals surface area contributed by atoms with Gasteiger partial charge in [0.05, 0.1) is 20.3 Å². The molecule has 0 aromatic heterocycles. The fourth-order valence-electron chi connectivity index (χ4n) is 1.88. The molecule has 6 heteroatoms. The molecule has 0 aliphatic heterocycles. The molecule has 0 spiro atoms. The van der Waals surface area contributed by atoms with Crippen molar-refractivity contribution >= 4 is 0 Å². The van der Waals surface area contributed by atoms with Crippen molar-refractivity contribution in [1.29, 1.82) is 0 Å². The number of benzene rings is 1. The predicted molar refractivity (Wildman–Crippen MR) is 72.4 cm³/mol. The van der Waals surface area contributed by atoms with Crippen molar-refractivity contribution in [3.63, 3.8) is 0 Å². The minimum Gasteiger partial charge on any atom is -0.497 e. The summed E-state index contributed by atoms with van der Waals surface area (Å²) in [7, 11) is 3.15. The van der Waals surface area contributed by atoms with Gasteiger partial charge in [-0.1, -0.05) is 17.6 Å². The Morgan fingerprint density at radius 1 is 1.32 bits per heavy atom. The SMILES string of the molecule is COc1ccc(C(CCCCO)N=[N+]=[N-])c(OC)c1. The van der Waals surface area contributed by atoms with Crippen LogP contribution in [0.25, 0.3) is 10.4 Å². The molecular formula is C13H19N3O3. The van der Waals surface area contributed by atoms with Crippen molar-refractivity contribution in [2.24, 2.45) is 5.11 Å². The van der Waals surface area contributed by atoms with Crippen molar-refractivity contribution in [1.82, 2.24) is 0 Å². The second-order valence-electron chi connectivity index (χ2n) is 4.05. The molecule has 104 valence electrons. The highest BCUT2D eigenvalue weighted by molar-refractivity contribution is 5.42. The van der Waals surface area contributed by atoms with Crippen LogP contribution in [0.4, 0.5) is 0 Å². The first kappa shape index (κ1) is 15.1. The summed E-state index contributed by atoms with van der Waals surface area (Å²) in [5.41, 5.74) is 9.49. The molecule has 1 aromatic rings. The molecule has 1 atom stereocenters. The zero-order valence-corrected chi connectivity index (χ0v) is 11.2. The molecule has 1 aromatic carbocycles. The number of azide groups is 1. The van der Waals surface area contributed by atoms with Crippen LogP contribution in [0.5, 0.6) is 11.5 Å². The van der Waals surface area contributed by atoms with E-state index in [0.29, 0.717) is 24.3 Å². The maximum Gasteiger partial charge on any atom is 0.126 e. The van der Waals surface area contributed by atoms with Crippen molar-refractivity contribution in [3.05, 3.63) is 34.2 Å². The van der Waals surface area contributed by atoms with Crippen molar-refractivity contribution in [2.75, 3.05) is 20.8 Å². The maximum atomic E-state index is 8.80. The Morgan fingerprint density at radius 2 is 2.11 bits per heavy atom. The summed E-state index contributed by atoms with van der Waals surface area (Å²) in [6, 6.07) is 5.12. The average Bonchev–Trinajstić information content (AvgIpc) is 2.46. The van der Waals surface area contributed by atoms with Crippen LogP contribution < -0.4 is 9.47 Å². The lowest BCUT2D eigenvalue weighted by molar-refractivity contribution is 0.281. The van der Waals surface area contributed by atoms with Gasteiger partial charge < -0.3 is 14.6 Å². The smallest absolute Gasteiger partial charge is 0.126 e. The van der Waals surface area contributed by atoms with Crippen LogP contribution in [0.15, 0.2) is 23.3 Å². The van der Waals surface area contributed by atoms with Crippen LogP contribution in [0.1, 0.15) is 30.9 Å². The number of aliphatic hydroxyl groups is 1. The molecular weight excluding hydrogens is 246 g/mol. The Kier molecular flexibility index (Phi) is 6.57. The Balaban J connectivity index is 2.97. The minimum atomic E-state index is -0.294. The molecule has 0 saturated carbocycles. The second-order valence-corrected chi connectivity index (χ2v) is 4.05. The van der Waals surface area contributed by atoms with Crippen molar-refractivity contribution in [2.45, 2.75) is 25.3 Å². The number of aliphatic hydroxyl groups excluding tert-OH is 1. The lowest BCUT2D eigenvalue weighted by Gasteiger charge is -2.16. The average molecular weight is 265 g/mol. The highest BCUT2D eigenvalue weighted by atomic mass is 16.5. The van der Waals surface area contributed by atoms with E-state index in [9.17, 15) is 0 Å². The zero-order chi connectivity index (χ0) is 14.1. The zero-order valence-electron chi connectivity index (χ0n) is 11.2. The summed E-state index contributed by atoms with van der Waals surface area (Å²) in [5, 5.41) is 12.6. The first-order chi connectivity index (χ1) is 9.26. The number of rotatable bonds is 8. The first-order valence-corrected chi connectivity index (χ1v) is 6.13. The molecule has 0 aliphatic carbocycles. The van der Waals surface area contributed by atoms with Gasteiger partial charge >= 0.3 is 0 Å². The van der Waals surface area contributed by atoms with Gasteiger partial charge in [-0.25, -0.2) is 0 Å². The standard InChI is InChI=1S/C13H19N3O3/c1-18-10-6-7-11(13(9-10)19-2)12(15-16-14)5-3-4-8-17/h6-7,9,12,17H,3-5,8H2,1-2H3. The minimum absolute atomic E-state index is 0.142. The van der Waals surface area contributed by atoms with E-state index in [-0.39, 0.29) is 12.6 Å². The Bertz CT molecular complexity index is 445. The quantitative estimate of drug-likeness (QED) is 0.339. The van der Waals surface area contributed by atoms with Gasteiger partial charge in [-0.15, -0.1) is 0 Å². The molecule has 0 aliphatic rings. The van der Waals surface area contributed by atoms with E-state index < -0.39 is 0 Å². The third-order valence-corrected chi connectivity index (χ3v) is 2.88. The van der Waals surface area contributed by atoms with E-state index in [4.69, 9.17) is 20.1 Å². The summed E-state index contributed by atoms with van der Waals surface area (Å²) in [6.45, 7) is 0.142. The van der Waals surface area contributed by atoms with E-state index in [2.05, 4.69) is 10.0 Å². The van der Waals surface area contributed by atoms with Gasteiger partial charge in [-0.2, -0.15) is 0 Å². The molecule has 1 N–H and O–H groups in total. The van der Waals surface area contributed by atoms with Gasteiger partial charge in [-0.05, 0) is 24.4 Å². The molecule has 6 nitrogen and oxygen atoms in total. The van der Waals surface area contributed by atoms with Crippen LogP contribution in [-0.4, -0.2) is 25.9 Å². The fraction of sp³-hybridized carbons (Fsp3) is 0.538. The predicted octanol–water partition coefficient (Wildman–Crippen LogP) is 3.22. The number of nitrogens with zero attached hydrogens (tertiary/aromatic N) is 3. The van der Waals surface area contributed by atoms with Gasteiger partial charge in [0.2, 0.25) is 0 Å². The highest BCUT2D eigenvalue weighted by Gasteiger charge is 2.15. The molecule has 0 amide bonds. The molecule has 0 bridgehead atoms. The second kappa shape index (κ2) is 8.24. The summed E-state index contributed by atoms with van der Waals surface area (Å²) < 4.78 is 10.4. The molecule has 1 unspecified atom stereocenters. The van der Waals surface area contributed by atoms with Crippen LogP contribution in [-0.2, 0) is 0 Å². The van der Waals surface area contributed by atoms with Gasteiger partial charge in [0.1, 0.15) is 11.5 Å². The van der Waals surface area contributed by atoms with E-state index in [1.165, 1.54) is 0 Å². The Hall–Kier alpha value is -1.91. The molecule has 0 saturated heterocycles. The van der Waals surface area contributed by atoms with Gasteiger partial charge in [0.15, 0.2) is 0 Å². The first-order valence-electron chi connectivity index (χ1n) is 6.13. The molecule has 0 radical (unpaired) electrons. The van der Waals surface area contributed by atoms with Gasteiger partial charge in [0, 0.05) is 23.1 Å². The van der Waals surface area contributed by atoms with E-state index in [1.54, 1.807) is 20.3 Å². The lowest BCUT2D eigenvalue weighted by atomic mass is 10.0. The van der Waals surface area contributed by atoms with E-state index in [1.807, 2.05) is 12.1 Å². The van der Waals surface area contributed by atoms with E-state index in [0.717, 1.165) is 12.0 Å². The Morgan fingerprint density at radius 3 is 2.68 bits per heavy atom. The number of hydrogen-bond donors (Lipinski definition) is 1. The monoisotopic (exact) mass is 265 g/mol. The third-order valence-electron chi connectivity index (χ3n) is 2.88. The molecule has 0 fully saturated rings. The van der Waals surface area contributed by atoms with Gasteiger partial charge in [-0.3, -0.25) is 0 Å². The fourth-order valence-corrected chi connectivity index (χ4v) is 1.88. The van der Waals surface area contributed by atoms with Crippen molar-refractivity contribution < 1.29 is 14.6 Å². The third kappa shape index (κ3) is 4.35. The molecule has 19 heavy (non-hydrogen) atoms. The van der Waals surface area contributed by atoms with Crippen molar-refractivity contribution in [3.8, 4) is 11.5 Å². The molecule has 1 rings (SSSR count). The summed E-state index contributed by atoms with van der Waals surface area (Å²) in [6.07, 6.45) is 2.15. The van der Waals surface area contributed by atoms with Crippen LogP contribution in [0.2, 0.25) is 0 Å². The Labute approximate surface area is 112 Å². The van der Waals surface area contributed by atoms with E-state index >= 15 is 0 Å². The number of hydrogen-bond acceptors (Lipinski definition) is 4. The maximum absolute atomic E-state index is 8.80.